The highest BCUT2D eigenvalue weighted by atomic mass is 32.1. The molecule has 4 heteroatoms. The van der Waals surface area contributed by atoms with Gasteiger partial charge in [0.05, 0.1) is 11.7 Å². The monoisotopic (exact) mass is 239 g/mol. The zero-order chi connectivity index (χ0) is 11.5. The van der Waals surface area contributed by atoms with Gasteiger partial charge in [-0.3, -0.25) is 0 Å². The van der Waals surface area contributed by atoms with Gasteiger partial charge in [-0.1, -0.05) is 0 Å². The van der Waals surface area contributed by atoms with E-state index in [0.29, 0.717) is 6.04 Å². The Labute approximate surface area is 102 Å². The number of anilines is 1. The van der Waals surface area contributed by atoms with E-state index in [2.05, 4.69) is 24.1 Å². The number of hydrogen-bond acceptors (Lipinski definition) is 4. The maximum atomic E-state index is 4.83. The van der Waals surface area contributed by atoms with Crippen LogP contribution in [-0.2, 0) is 6.42 Å². The van der Waals surface area contributed by atoms with Crippen molar-refractivity contribution in [1.29, 1.82) is 0 Å². The van der Waals surface area contributed by atoms with Gasteiger partial charge in [0.1, 0.15) is 0 Å². The number of hydrogen-bond donors (Lipinski definition) is 1. The summed E-state index contributed by atoms with van der Waals surface area (Å²) in [6.45, 7) is 6.49. The second-order valence-electron chi connectivity index (χ2n) is 4.21. The second-order valence-corrected chi connectivity index (χ2v) is 5.27. The van der Waals surface area contributed by atoms with E-state index in [4.69, 9.17) is 4.98 Å². The molecular weight excluding hydrogens is 218 g/mol. The molecular formula is C12H21N3S. The third kappa shape index (κ3) is 2.09. The molecule has 0 fully saturated rings. The summed E-state index contributed by atoms with van der Waals surface area (Å²) < 4.78 is 0. The first-order chi connectivity index (χ1) is 7.80. The fourth-order valence-corrected chi connectivity index (χ4v) is 3.61. The van der Waals surface area contributed by atoms with Crippen LogP contribution in [0.3, 0.4) is 0 Å². The minimum atomic E-state index is 0.476. The molecule has 0 aliphatic heterocycles. The zero-order valence-corrected chi connectivity index (χ0v) is 11.2. The number of nitrogens with one attached hydrogen (secondary N) is 1. The molecule has 0 saturated heterocycles. The molecule has 1 heterocycles. The van der Waals surface area contributed by atoms with E-state index in [-0.39, 0.29) is 0 Å². The van der Waals surface area contributed by atoms with Crippen molar-refractivity contribution in [2.45, 2.75) is 39.2 Å². The van der Waals surface area contributed by atoms with E-state index in [1.807, 2.05) is 18.4 Å². The fraction of sp³-hybridized carbons (Fsp3) is 0.750. The van der Waals surface area contributed by atoms with Gasteiger partial charge in [0, 0.05) is 18.0 Å². The van der Waals surface area contributed by atoms with Gasteiger partial charge in [-0.05, 0) is 40.2 Å². The van der Waals surface area contributed by atoms with Gasteiger partial charge in [-0.25, -0.2) is 4.98 Å². The van der Waals surface area contributed by atoms with E-state index in [9.17, 15) is 0 Å². The van der Waals surface area contributed by atoms with Crippen molar-refractivity contribution in [3.8, 4) is 0 Å². The fourth-order valence-electron chi connectivity index (χ4n) is 2.32. The van der Waals surface area contributed by atoms with Crippen LogP contribution in [0.25, 0.3) is 0 Å². The largest absolute Gasteiger partial charge is 0.349 e. The summed E-state index contributed by atoms with van der Waals surface area (Å²) >= 11 is 1.89. The molecule has 0 spiro atoms. The lowest BCUT2D eigenvalue weighted by Gasteiger charge is -2.20. The molecule has 0 amide bonds. The molecule has 0 saturated carbocycles. The number of rotatable bonds is 4. The minimum Gasteiger partial charge on any atom is -0.349 e. The van der Waals surface area contributed by atoms with Crippen LogP contribution in [0.15, 0.2) is 0 Å². The maximum absolute atomic E-state index is 4.83. The standard InChI is InChI=1S/C12H21N3S/c1-4-15(5-2)12-14-11-9(13-3)7-6-8-10(11)16-12/h9,13H,4-8H2,1-3H3. The lowest BCUT2D eigenvalue weighted by molar-refractivity contribution is 0.489. The molecule has 0 bridgehead atoms. The summed E-state index contributed by atoms with van der Waals surface area (Å²) in [5, 5.41) is 4.58. The van der Waals surface area contributed by atoms with Gasteiger partial charge in [0.15, 0.2) is 5.13 Å². The highest BCUT2D eigenvalue weighted by Gasteiger charge is 2.24. The lowest BCUT2D eigenvalue weighted by atomic mass is 9.98. The zero-order valence-electron chi connectivity index (χ0n) is 10.4. The van der Waals surface area contributed by atoms with Crippen LogP contribution in [-0.4, -0.2) is 25.1 Å². The van der Waals surface area contributed by atoms with E-state index in [1.54, 1.807) is 0 Å². The Bertz CT molecular complexity index is 344. The smallest absolute Gasteiger partial charge is 0.185 e. The van der Waals surface area contributed by atoms with Crippen molar-refractivity contribution in [3.05, 3.63) is 10.6 Å². The average Bonchev–Trinajstić information content (AvgIpc) is 2.73. The Kier molecular flexibility index (Phi) is 3.82. The van der Waals surface area contributed by atoms with Gasteiger partial charge in [0.25, 0.3) is 0 Å². The molecule has 1 aliphatic carbocycles. The van der Waals surface area contributed by atoms with E-state index in [0.717, 1.165) is 13.1 Å². The number of aromatic nitrogens is 1. The SMILES string of the molecule is CCN(CC)c1nc2c(s1)CCCC2NC. The van der Waals surface area contributed by atoms with Gasteiger partial charge in [-0.2, -0.15) is 0 Å². The molecule has 0 aromatic carbocycles. The van der Waals surface area contributed by atoms with Crippen LogP contribution in [0.2, 0.25) is 0 Å². The van der Waals surface area contributed by atoms with Crippen molar-refractivity contribution in [2.24, 2.45) is 0 Å². The van der Waals surface area contributed by atoms with E-state index in [1.165, 1.54) is 35.0 Å². The number of aryl methyl sites for hydroxylation is 1. The van der Waals surface area contributed by atoms with Crippen LogP contribution in [0.5, 0.6) is 0 Å². The Morgan fingerprint density at radius 1 is 1.44 bits per heavy atom. The molecule has 16 heavy (non-hydrogen) atoms. The van der Waals surface area contributed by atoms with Gasteiger partial charge in [-0.15, -0.1) is 11.3 Å². The maximum Gasteiger partial charge on any atom is 0.185 e. The topological polar surface area (TPSA) is 28.2 Å². The summed E-state index contributed by atoms with van der Waals surface area (Å²) in [5.41, 5.74) is 1.31. The van der Waals surface area contributed by atoms with Crippen molar-refractivity contribution < 1.29 is 0 Å². The summed E-state index contributed by atoms with van der Waals surface area (Å²) in [5.74, 6) is 0. The molecule has 1 aliphatic rings. The summed E-state index contributed by atoms with van der Waals surface area (Å²) in [4.78, 5) is 8.66. The van der Waals surface area contributed by atoms with Crippen molar-refractivity contribution >= 4 is 16.5 Å². The molecule has 1 aromatic heterocycles. The summed E-state index contributed by atoms with van der Waals surface area (Å²) in [6, 6.07) is 0.476. The van der Waals surface area contributed by atoms with Crippen LogP contribution in [0.4, 0.5) is 5.13 Å². The Morgan fingerprint density at radius 3 is 2.81 bits per heavy atom. The Balaban J connectivity index is 2.27. The molecule has 1 atom stereocenters. The number of thiazole rings is 1. The van der Waals surface area contributed by atoms with E-state index < -0.39 is 0 Å². The molecule has 0 radical (unpaired) electrons. The first kappa shape index (κ1) is 11.9. The highest BCUT2D eigenvalue weighted by Crippen LogP contribution is 2.36. The van der Waals surface area contributed by atoms with Crippen LogP contribution < -0.4 is 10.2 Å². The predicted octanol–water partition coefficient (Wildman–Crippen LogP) is 2.59. The average molecular weight is 239 g/mol. The van der Waals surface area contributed by atoms with Crippen molar-refractivity contribution in [3.63, 3.8) is 0 Å². The third-order valence-corrected chi connectivity index (χ3v) is 4.52. The summed E-state index contributed by atoms with van der Waals surface area (Å²) in [7, 11) is 2.04. The van der Waals surface area contributed by atoms with Crippen LogP contribution >= 0.6 is 11.3 Å². The van der Waals surface area contributed by atoms with Crippen LogP contribution in [0, 0.1) is 0 Å². The Morgan fingerprint density at radius 2 is 2.19 bits per heavy atom. The molecule has 1 unspecified atom stereocenters. The Hall–Kier alpha value is -0.610. The minimum absolute atomic E-state index is 0.476. The summed E-state index contributed by atoms with van der Waals surface area (Å²) in [6.07, 6.45) is 3.73. The van der Waals surface area contributed by atoms with Gasteiger partial charge < -0.3 is 10.2 Å². The van der Waals surface area contributed by atoms with E-state index >= 15 is 0 Å². The molecule has 2 rings (SSSR count). The molecule has 1 aromatic rings. The first-order valence-electron chi connectivity index (χ1n) is 6.21. The molecule has 3 nitrogen and oxygen atoms in total. The van der Waals surface area contributed by atoms with Crippen molar-refractivity contribution in [1.82, 2.24) is 10.3 Å². The molecule has 1 N–H and O–H groups in total. The normalized spacial score (nSPS) is 19.6. The lowest BCUT2D eigenvalue weighted by Crippen LogP contribution is -2.23. The predicted molar refractivity (Wildman–Crippen MR) is 70.4 cm³/mol. The van der Waals surface area contributed by atoms with Crippen LogP contribution in [0.1, 0.15) is 43.3 Å². The number of fused-ring (bicyclic) bond motifs is 1. The first-order valence-corrected chi connectivity index (χ1v) is 7.03. The van der Waals surface area contributed by atoms with Gasteiger partial charge >= 0.3 is 0 Å². The quantitative estimate of drug-likeness (QED) is 0.875. The third-order valence-electron chi connectivity index (χ3n) is 3.33. The van der Waals surface area contributed by atoms with Crippen molar-refractivity contribution in [2.75, 3.05) is 25.0 Å². The molecule has 90 valence electrons. The second kappa shape index (κ2) is 5.15. The highest BCUT2D eigenvalue weighted by molar-refractivity contribution is 7.15. The number of nitrogens with zero attached hydrogens (tertiary/aromatic N) is 2. The van der Waals surface area contributed by atoms with Gasteiger partial charge in [0.2, 0.25) is 0 Å².